The van der Waals surface area contributed by atoms with Crippen LogP contribution in [0.2, 0.25) is 0 Å². The van der Waals surface area contributed by atoms with E-state index in [4.69, 9.17) is 4.74 Å². The van der Waals surface area contributed by atoms with Crippen LogP contribution < -0.4 is 5.32 Å². The Hall–Kier alpha value is -0.660. The van der Waals surface area contributed by atoms with E-state index in [1.807, 2.05) is 0 Å². The second-order valence-electron chi connectivity index (χ2n) is 5.65. The van der Waals surface area contributed by atoms with Crippen LogP contribution in [0, 0.1) is 0 Å². The Bertz CT molecular complexity index is 403. The van der Waals surface area contributed by atoms with Crippen LogP contribution in [0.25, 0.3) is 0 Å². The van der Waals surface area contributed by atoms with Crippen LogP contribution in [-0.4, -0.2) is 57.7 Å². The Morgan fingerprint density at radius 2 is 1.86 bits per heavy atom. The fourth-order valence-electron chi connectivity index (χ4n) is 2.70. The van der Waals surface area contributed by atoms with E-state index in [0.717, 1.165) is 44.9 Å². The average Bonchev–Trinajstić information content (AvgIpc) is 2.68. The third-order valence-corrected chi connectivity index (χ3v) is 5.08. The molecule has 21 heavy (non-hydrogen) atoms. The molecule has 0 aromatic carbocycles. The van der Waals surface area contributed by atoms with Gasteiger partial charge in [0.15, 0.2) is 0 Å². The summed E-state index contributed by atoms with van der Waals surface area (Å²) in [5.41, 5.74) is 0. The van der Waals surface area contributed by atoms with Gasteiger partial charge in [-0.25, -0.2) is 8.42 Å². The predicted octanol–water partition coefficient (Wildman–Crippen LogP) is 1.12. The minimum Gasteiger partial charge on any atom is -0.385 e. The zero-order chi connectivity index (χ0) is 15.7. The van der Waals surface area contributed by atoms with E-state index in [1.165, 1.54) is 10.6 Å². The van der Waals surface area contributed by atoms with Crippen LogP contribution in [0.15, 0.2) is 0 Å². The molecule has 0 spiro atoms. The van der Waals surface area contributed by atoms with Gasteiger partial charge in [0.05, 0.1) is 12.8 Å². The second-order valence-corrected chi connectivity index (χ2v) is 7.58. The van der Waals surface area contributed by atoms with Crippen LogP contribution >= 0.6 is 0 Å². The molecular weight excluding hydrogens is 292 g/mol. The zero-order valence-electron chi connectivity index (χ0n) is 13.1. The monoisotopic (exact) mass is 320 g/mol. The average molecular weight is 320 g/mol. The number of amides is 1. The SMILES string of the molecule is COCCCNC(=O)CN(C1CCCCCC1)S(C)(=O)=O. The number of methoxy groups -OCH3 is 1. The topological polar surface area (TPSA) is 75.7 Å². The molecule has 1 N–H and O–H groups in total. The quantitative estimate of drug-likeness (QED) is 0.537. The van der Waals surface area contributed by atoms with E-state index in [0.29, 0.717) is 13.2 Å². The van der Waals surface area contributed by atoms with E-state index < -0.39 is 10.0 Å². The van der Waals surface area contributed by atoms with Crippen LogP contribution in [0.4, 0.5) is 0 Å². The van der Waals surface area contributed by atoms with Gasteiger partial charge in [0.25, 0.3) is 0 Å². The first-order chi connectivity index (χ1) is 9.95. The highest BCUT2D eigenvalue weighted by Gasteiger charge is 2.29. The summed E-state index contributed by atoms with van der Waals surface area (Å²) in [7, 11) is -1.75. The van der Waals surface area contributed by atoms with E-state index >= 15 is 0 Å². The maximum absolute atomic E-state index is 12.0. The largest absolute Gasteiger partial charge is 0.385 e. The molecule has 124 valence electrons. The molecule has 0 aromatic rings. The number of rotatable bonds is 8. The Morgan fingerprint density at radius 3 is 2.38 bits per heavy atom. The van der Waals surface area contributed by atoms with Gasteiger partial charge in [-0.2, -0.15) is 4.31 Å². The van der Waals surface area contributed by atoms with Crippen molar-refractivity contribution >= 4 is 15.9 Å². The lowest BCUT2D eigenvalue weighted by Gasteiger charge is -2.28. The molecule has 1 saturated carbocycles. The zero-order valence-corrected chi connectivity index (χ0v) is 14.0. The highest BCUT2D eigenvalue weighted by Crippen LogP contribution is 2.23. The number of hydrogen-bond donors (Lipinski definition) is 1. The first-order valence-corrected chi connectivity index (χ1v) is 9.52. The van der Waals surface area contributed by atoms with Gasteiger partial charge in [-0.05, 0) is 19.3 Å². The summed E-state index contributed by atoms with van der Waals surface area (Å²) in [5.74, 6) is -0.235. The standard InChI is InChI=1S/C14H28N2O4S/c1-20-11-7-10-15-14(17)12-16(21(2,18)19)13-8-5-3-4-6-9-13/h13H,3-12H2,1-2H3,(H,15,17). The number of hydrogen-bond acceptors (Lipinski definition) is 4. The molecule has 0 atom stereocenters. The van der Waals surface area contributed by atoms with Crippen molar-refractivity contribution in [2.75, 3.05) is 33.1 Å². The lowest BCUT2D eigenvalue weighted by molar-refractivity contribution is -0.121. The van der Waals surface area contributed by atoms with Crippen LogP contribution in [0.5, 0.6) is 0 Å². The van der Waals surface area contributed by atoms with E-state index in [2.05, 4.69) is 5.32 Å². The molecule has 0 unspecified atom stereocenters. The number of ether oxygens (including phenoxy) is 1. The smallest absolute Gasteiger partial charge is 0.235 e. The lowest BCUT2D eigenvalue weighted by atomic mass is 10.1. The van der Waals surface area contributed by atoms with Gasteiger partial charge in [0.1, 0.15) is 0 Å². The van der Waals surface area contributed by atoms with Crippen LogP contribution in [0.1, 0.15) is 44.9 Å². The first-order valence-electron chi connectivity index (χ1n) is 7.67. The molecule has 1 fully saturated rings. The van der Waals surface area contributed by atoms with Crippen molar-refractivity contribution in [3.05, 3.63) is 0 Å². The number of sulfonamides is 1. The maximum Gasteiger partial charge on any atom is 0.235 e. The van der Waals surface area contributed by atoms with Gasteiger partial charge < -0.3 is 10.1 Å². The molecule has 1 rings (SSSR count). The summed E-state index contributed by atoms with van der Waals surface area (Å²) >= 11 is 0. The van der Waals surface area contributed by atoms with Crippen molar-refractivity contribution in [2.24, 2.45) is 0 Å². The van der Waals surface area contributed by atoms with E-state index in [-0.39, 0.29) is 18.5 Å². The molecule has 0 bridgehead atoms. The van der Waals surface area contributed by atoms with Crippen LogP contribution in [0.3, 0.4) is 0 Å². The number of carbonyl (C=O) groups excluding carboxylic acids is 1. The van der Waals surface area contributed by atoms with Crippen molar-refractivity contribution < 1.29 is 17.9 Å². The molecule has 0 aliphatic heterocycles. The normalized spacial score (nSPS) is 17.7. The third kappa shape index (κ3) is 7.24. The minimum atomic E-state index is -3.36. The fraction of sp³-hybridized carbons (Fsp3) is 0.929. The van der Waals surface area contributed by atoms with Gasteiger partial charge >= 0.3 is 0 Å². The molecule has 0 saturated heterocycles. The highest BCUT2D eigenvalue weighted by molar-refractivity contribution is 7.88. The summed E-state index contributed by atoms with van der Waals surface area (Å²) in [5, 5.41) is 2.75. The molecule has 1 aliphatic rings. The maximum atomic E-state index is 12.0. The van der Waals surface area contributed by atoms with Crippen molar-refractivity contribution in [3.8, 4) is 0 Å². The molecule has 1 amide bonds. The van der Waals surface area contributed by atoms with Gasteiger partial charge in [-0.15, -0.1) is 0 Å². The molecule has 0 radical (unpaired) electrons. The molecule has 0 heterocycles. The minimum absolute atomic E-state index is 0.0350. The number of nitrogens with zero attached hydrogens (tertiary/aromatic N) is 1. The number of nitrogens with one attached hydrogen (secondary N) is 1. The molecule has 1 aliphatic carbocycles. The van der Waals surface area contributed by atoms with E-state index in [9.17, 15) is 13.2 Å². The predicted molar refractivity (Wildman–Crippen MR) is 82.5 cm³/mol. The third-order valence-electron chi connectivity index (χ3n) is 3.80. The summed E-state index contributed by atoms with van der Waals surface area (Å²) in [4.78, 5) is 11.9. The van der Waals surface area contributed by atoms with Crippen molar-refractivity contribution in [1.82, 2.24) is 9.62 Å². The van der Waals surface area contributed by atoms with Crippen molar-refractivity contribution in [1.29, 1.82) is 0 Å². The van der Waals surface area contributed by atoms with Crippen molar-refractivity contribution in [2.45, 2.75) is 51.0 Å². The number of carbonyl (C=O) groups is 1. The molecule has 6 nitrogen and oxygen atoms in total. The summed E-state index contributed by atoms with van der Waals surface area (Å²) in [6.07, 6.45) is 7.99. The molecule has 7 heteroatoms. The molecular formula is C14H28N2O4S. The lowest BCUT2D eigenvalue weighted by Crippen LogP contribution is -2.46. The Balaban J connectivity index is 2.55. The Morgan fingerprint density at radius 1 is 1.24 bits per heavy atom. The van der Waals surface area contributed by atoms with E-state index in [1.54, 1.807) is 7.11 Å². The second kappa shape index (κ2) is 9.38. The highest BCUT2D eigenvalue weighted by atomic mass is 32.2. The summed E-state index contributed by atoms with van der Waals surface area (Å²) < 4.78 is 30.3. The Labute approximate surface area is 128 Å². The summed E-state index contributed by atoms with van der Waals surface area (Å²) in [6, 6.07) is -0.0350. The van der Waals surface area contributed by atoms with Crippen molar-refractivity contribution in [3.63, 3.8) is 0 Å². The first kappa shape index (κ1) is 18.4. The Kier molecular flexibility index (Phi) is 8.21. The summed E-state index contributed by atoms with van der Waals surface area (Å²) in [6.45, 7) is 1.02. The van der Waals surface area contributed by atoms with Crippen LogP contribution in [-0.2, 0) is 19.6 Å². The van der Waals surface area contributed by atoms with Gasteiger partial charge in [0, 0.05) is 26.3 Å². The van der Waals surface area contributed by atoms with Gasteiger partial charge in [-0.3, -0.25) is 4.79 Å². The molecule has 0 aromatic heterocycles. The van der Waals surface area contributed by atoms with Gasteiger partial charge in [0.2, 0.25) is 15.9 Å². The van der Waals surface area contributed by atoms with Gasteiger partial charge in [-0.1, -0.05) is 25.7 Å². The fourth-order valence-corrected chi connectivity index (χ4v) is 3.81.